The van der Waals surface area contributed by atoms with Crippen molar-refractivity contribution in [3.05, 3.63) is 0 Å². The molecule has 2 N–H and O–H groups in total. The molecule has 3 heteroatoms. The molecule has 9 atom stereocenters. The minimum Gasteiger partial charge on any atom is -0.411 e. The van der Waals surface area contributed by atoms with E-state index in [2.05, 4.69) is 39.8 Å². The quantitative estimate of drug-likeness (QED) is 0.377. The zero-order chi connectivity index (χ0) is 21.7. The van der Waals surface area contributed by atoms with Gasteiger partial charge in [0.2, 0.25) is 0 Å². The zero-order valence-electron chi connectivity index (χ0n) is 20.2. The van der Waals surface area contributed by atoms with Crippen LogP contribution >= 0.6 is 0 Å². The lowest BCUT2D eigenvalue weighted by molar-refractivity contribution is -0.149. The third kappa shape index (κ3) is 3.65. The summed E-state index contributed by atoms with van der Waals surface area (Å²) in [5.74, 6) is 5.07. The van der Waals surface area contributed by atoms with Crippen molar-refractivity contribution in [1.29, 1.82) is 0 Å². The molecule has 0 aliphatic heterocycles. The number of oxime groups is 1. The Morgan fingerprint density at radius 2 is 1.70 bits per heavy atom. The van der Waals surface area contributed by atoms with Crippen LogP contribution in [-0.4, -0.2) is 22.1 Å². The molecule has 0 amide bonds. The predicted molar refractivity (Wildman–Crippen MR) is 124 cm³/mol. The summed E-state index contributed by atoms with van der Waals surface area (Å²) in [6.07, 6.45) is 13.2. The van der Waals surface area contributed by atoms with Crippen LogP contribution in [0.1, 0.15) is 105 Å². The van der Waals surface area contributed by atoms with Gasteiger partial charge in [0.25, 0.3) is 0 Å². The first kappa shape index (κ1) is 22.6. The zero-order valence-corrected chi connectivity index (χ0v) is 20.2. The smallest absolute Gasteiger partial charge is 0.0580 e. The van der Waals surface area contributed by atoms with Gasteiger partial charge in [0.1, 0.15) is 0 Å². The Bertz CT molecular complexity index is 645. The SMILES string of the molecule is CC(C)CCC[C@@H](C)[C@H]1CC[C@H]2[C@@H]3C[C@@H](O)[C@H]4C/C(=N/O)CC[C@]4(C)[C@H]3CC[C@]12C. The van der Waals surface area contributed by atoms with Crippen LogP contribution in [0.15, 0.2) is 5.16 Å². The average molecular weight is 418 g/mol. The molecule has 3 nitrogen and oxygen atoms in total. The van der Waals surface area contributed by atoms with Gasteiger partial charge in [-0.15, -0.1) is 0 Å². The van der Waals surface area contributed by atoms with Crippen molar-refractivity contribution in [2.75, 3.05) is 0 Å². The van der Waals surface area contributed by atoms with Gasteiger partial charge in [0.15, 0.2) is 0 Å². The molecule has 0 aromatic heterocycles. The fourth-order valence-electron chi connectivity index (χ4n) is 9.22. The van der Waals surface area contributed by atoms with Crippen LogP contribution in [0.25, 0.3) is 0 Å². The van der Waals surface area contributed by atoms with Crippen molar-refractivity contribution in [3.8, 4) is 0 Å². The summed E-state index contributed by atoms with van der Waals surface area (Å²) >= 11 is 0. The molecule has 0 radical (unpaired) electrons. The van der Waals surface area contributed by atoms with Gasteiger partial charge < -0.3 is 10.3 Å². The summed E-state index contributed by atoms with van der Waals surface area (Å²) in [6, 6.07) is 0. The van der Waals surface area contributed by atoms with E-state index in [-0.39, 0.29) is 17.4 Å². The standard InChI is InChI=1S/C27H47NO2/c1-17(2)7-6-8-18(3)21-9-10-22-20-16-25(29)24-15-19(28-30)11-13-27(24,5)23(20)12-14-26(21,22)4/h17-18,20-25,29-30H,6-16H2,1-5H3/b28-19+/t18-,20+,21-,22+,23+,24-,25-,26-,27-/m1/s1. The van der Waals surface area contributed by atoms with Crippen LogP contribution in [0.5, 0.6) is 0 Å². The lowest BCUT2D eigenvalue weighted by atomic mass is 9.44. The molecule has 172 valence electrons. The van der Waals surface area contributed by atoms with E-state index in [1.165, 1.54) is 44.9 Å². The highest BCUT2D eigenvalue weighted by molar-refractivity contribution is 5.85. The van der Waals surface area contributed by atoms with Gasteiger partial charge in [-0.2, -0.15) is 0 Å². The molecular formula is C27H47NO2. The number of aliphatic hydroxyl groups is 1. The Morgan fingerprint density at radius 1 is 0.967 bits per heavy atom. The van der Waals surface area contributed by atoms with Gasteiger partial charge in [-0.3, -0.25) is 0 Å². The summed E-state index contributed by atoms with van der Waals surface area (Å²) in [7, 11) is 0. The molecule has 4 aliphatic carbocycles. The molecule has 0 unspecified atom stereocenters. The number of rotatable bonds is 5. The lowest BCUT2D eigenvalue weighted by Crippen LogP contribution is -2.58. The highest BCUT2D eigenvalue weighted by atomic mass is 16.4. The molecule has 0 heterocycles. The largest absolute Gasteiger partial charge is 0.411 e. The molecule has 0 bridgehead atoms. The second-order valence-corrected chi connectivity index (χ2v) is 12.7. The van der Waals surface area contributed by atoms with E-state index >= 15 is 0 Å². The summed E-state index contributed by atoms with van der Waals surface area (Å²) < 4.78 is 0. The van der Waals surface area contributed by atoms with Gasteiger partial charge in [-0.05, 0) is 104 Å². The van der Waals surface area contributed by atoms with Crippen molar-refractivity contribution >= 4 is 5.71 Å². The third-order valence-electron chi connectivity index (χ3n) is 10.9. The maximum atomic E-state index is 11.2. The molecule has 4 aliphatic rings. The summed E-state index contributed by atoms with van der Waals surface area (Å²) in [4.78, 5) is 0. The predicted octanol–water partition coefficient (Wildman–Crippen LogP) is 6.91. The van der Waals surface area contributed by atoms with Crippen molar-refractivity contribution in [2.24, 2.45) is 57.4 Å². The molecule has 4 saturated carbocycles. The van der Waals surface area contributed by atoms with Crippen molar-refractivity contribution in [2.45, 2.75) is 111 Å². The lowest BCUT2D eigenvalue weighted by Gasteiger charge is -2.62. The number of aliphatic hydroxyl groups excluding tert-OH is 1. The Balaban J connectivity index is 1.50. The van der Waals surface area contributed by atoms with E-state index in [4.69, 9.17) is 0 Å². The van der Waals surface area contributed by atoms with Crippen LogP contribution in [0, 0.1) is 52.3 Å². The van der Waals surface area contributed by atoms with Crippen molar-refractivity contribution in [3.63, 3.8) is 0 Å². The average Bonchev–Trinajstić information content (AvgIpc) is 3.05. The molecule has 0 aromatic carbocycles. The van der Waals surface area contributed by atoms with Crippen molar-refractivity contribution < 1.29 is 10.3 Å². The maximum Gasteiger partial charge on any atom is 0.0580 e. The normalized spacial score (nSPS) is 48.3. The molecule has 4 rings (SSSR count). The number of nitrogens with zero attached hydrogens (tertiary/aromatic N) is 1. The monoisotopic (exact) mass is 417 g/mol. The van der Waals surface area contributed by atoms with Crippen molar-refractivity contribution in [1.82, 2.24) is 0 Å². The fourth-order valence-corrected chi connectivity index (χ4v) is 9.22. The molecule has 0 spiro atoms. The Kier molecular flexibility index (Phi) is 6.34. The Morgan fingerprint density at radius 3 is 2.40 bits per heavy atom. The molecule has 0 aromatic rings. The van der Waals surface area contributed by atoms with E-state index in [9.17, 15) is 10.3 Å². The first-order valence-electron chi connectivity index (χ1n) is 13.1. The van der Waals surface area contributed by atoms with E-state index in [1.54, 1.807) is 0 Å². The minimum atomic E-state index is -0.224. The van der Waals surface area contributed by atoms with Crippen LogP contribution in [0.3, 0.4) is 0 Å². The van der Waals surface area contributed by atoms with Gasteiger partial charge in [0.05, 0.1) is 11.8 Å². The highest BCUT2D eigenvalue weighted by Crippen LogP contribution is 2.68. The van der Waals surface area contributed by atoms with Gasteiger partial charge in [0, 0.05) is 0 Å². The second-order valence-electron chi connectivity index (χ2n) is 12.7. The number of hydrogen-bond acceptors (Lipinski definition) is 3. The highest BCUT2D eigenvalue weighted by Gasteiger charge is 2.62. The number of fused-ring (bicyclic) bond motifs is 5. The Hall–Kier alpha value is -0.570. The summed E-state index contributed by atoms with van der Waals surface area (Å²) in [5, 5.41) is 24.1. The molecule has 4 fully saturated rings. The first-order valence-corrected chi connectivity index (χ1v) is 13.1. The van der Waals surface area contributed by atoms with Gasteiger partial charge in [-0.25, -0.2) is 0 Å². The van der Waals surface area contributed by atoms with E-state index in [1.807, 2.05) is 0 Å². The first-order chi connectivity index (χ1) is 14.2. The van der Waals surface area contributed by atoms with Crippen LogP contribution in [0.2, 0.25) is 0 Å². The Labute approximate surface area is 185 Å². The van der Waals surface area contributed by atoms with Gasteiger partial charge in [-0.1, -0.05) is 59.0 Å². The maximum absolute atomic E-state index is 11.2. The third-order valence-corrected chi connectivity index (χ3v) is 10.9. The topological polar surface area (TPSA) is 52.8 Å². The molecular weight excluding hydrogens is 370 g/mol. The summed E-state index contributed by atoms with van der Waals surface area (Å²) in [5.41, 5.74) is 1.61. The van der Waals surface area contributed by atoms with Crippen LogP contribution in [-0.2, 0) is 0 Å². The molecule has 0 saturated heterocycles. The van der Waals surface area contributed by atoms with Gasteiger partial charge >= 0.3 is 0 Å². The fraction of sp³-hybridized carbons (Fsp3) is 0.963. The van der Waals surface area contributed by atoms with E-state index in [0.717, 1.165) is 61.0 Å². The molecule has 30 heavy (non-hydrogen) atoms. The van der Waals surface area contributed by atoms with E-state index < -0.39 is 0 Å². The van der Waals surface area contributed by atoms with E-state index in [0.29, 0.717) is 11.3 Å². The summed E-state index contributed by atoms with van der Waals surface area (Å²) in [6.45, 7) is 12.3. The number of hydrogen-bond donors (Lipinski definition) is 2. The van der Waals surface area contributed by atoms with Crippen LogP contribution in [0.4, 0.5) is 0 Å². The second kappa shape index (κ2) is 8.41. The minimum absolute atomic E-state index is 0.221. The van der Waals surface area contributed by atoms with Crippen LogP contribution < -0.4 is 0 Å².